The van der Waals surface area contributed by atoms with Gasteiger partial charge in [0.2, 0.25) is 11.8 Å². The minimum Gasteiger partial charge on any atom is -0.478 e. The number of H-pyrrole nitrogens is 1. The molecule has 0 amide bonds. The Balaban J connectivity index is 1.72. The second-order valence-corrected chi connectivity index (χ2v) is 5.43. The molecule has 0 atom stereocenters. The Morgan fingerprint density at radius 2 is 2.19 bits per heavy atom. The summed E-state index contributed by atoms with van der Waals surface area (Å²) in [5, 5.41) is 10.5. The van der Waals surface area contributed by atoms with Crippen molar-refractivity contribution in [3.8, 4) is 5.88 Å². The molecule has 0 bridgehead atoms. The van der Waals surface area contributed by atoms with Crippen molar-refractivity contribution >= 4 is 11.8 Å². The average Bonchev–Trinajstić information content (AvgIpc) is 3.13. The number of nitrogens with zero attached hydrogens (tertiary/aromatic N) is 3. The van der Waals surface area contributed by atoms with Crippen molar-refractivity contribution in [1.82, 2.24) is 20.2 Å². The summed E-state index contributed by atoms with van der Waals surface area (Å²) in [5.41, 5.74) is 2.13. The lowest BCUT2D eigenvalue weighted by Gasteiger charge is -2.07. The largest absolute Gasteiger partial charge is 0.478 e. The van der Waals surface area contributed by atoms with Crippen LogP contribution in [-0.4, -0.2) is 26.8 Å². The number of rotatable bonds is 5. The van der Waals surface area contributed by atoms with Gasteiger partial charge in [-0.1, -0.05) is 12.8 Å². The second-order valence-electron chi connectivity index (χ2n) is 5.43. The highest BCUT2D eigenvalue weighted by atomic mass is 16.5. The quantitative estimate of drug-likeness (QED) is 0.882. The Kier molecular flexibility index (Phi) is 4.03. The fraction of sp³-hybridized carbons (Fsp3) is 0.533. The van der Waals surface area contributed by atoms with E-state index >= 15 is 0 Å². The summed E-state index contributed by atoms with van der Waals surface area (Å²) >= 11 is 0. The molecule has 0 aliphatic heterocycles. The molecule has 0 radical (unpaired) electrons. The number of aryl methyl sites for hydroxylation is 1. The number of nitrogens with one attached hydrogen (secondary N) is 2. The molecule has 1 fully saturated rings. The van der Waals surface area contributed by atoms with Crippen LogP contribution in [0.5, 0.6) is 5.88 Å². The van der Waals surface area contributed by atoms with E-state index in [9.17, 15) is 0 Å². The van der Waals surface area contributed by atoms with Gasteiger partial charge < -0.3 is 10.1 Å². The molecule has 0 unspecified atom stereocenters. The van der Waals surface area contributed by atoms with E-state index in [1.807, 2.05) is 13.8 Å². The lowest BCUT2D eigenvalue weighted by Crippen LogP contribution is -2.02. The van der Waals surface area contributed by atoms with Gasteiger partial charge in [0.25, 0.3) is 0 Å². The van der Waals surface area contributed by atoms with E-state index in [4.69, 9.17) is 4.74 Å². The van der Waals surface area contributed by atoms with Crippen molar-refractivity contribution in [3.63, 3.8) is 0 Å². The highest BCUT2D eigenvalue weighted by Crippen LogP contribution is 2.33. The van der Waals surface area contributed by atoms with Crippen molar-refractivity contribution in [2.24, 2.45) is 0 Å². The third-order valence-corrected chi connectivity index (χ3v) is 3.84. The molecule has 3 rings (SSSR count). The Hall–Kier alpha value is -2.11. The summed E-state index contributed by atoms with van der Waals surface area (Å²) in [6.45, 7) is 4.46. The molecule has 0 saturated heterocycles. The summed E-state index contributed by atoms with van der Waals surface area (Å²) < 4.78 is 5.48. The molecule has 6 nitrogen and oxygen atoms in total. The highest BCUT2D eigenvalue weighted by Gasteiger charge is 2.19. The zero-order chi connectivity index (χ0) is 14.7. The van der Waals surface area contributed by atoms with E-state index in [1.54, 1.807) is 6.20 Å². The van der Waals surface area contributed by atoms with Gasteiger partial charge in [-0.05, 0) is 26.7 Å². The minimum absolute atomic E-state index is 0.508. The van der Waals surface area contributed by atoms with Crippen molar-refractivity contribution in [1.29, 1.82) is 0 Å². The fourth-order valence-corrected chi connectivity index (χ4v) is 2.73. The summed E-state index contributed by atoms with van der Waals surface area (Å²) in [7, 11) is 0. The van der Waals surface area contributed by atoms with Crippen molar-refractivity contribution < 1.29 is 4.74 Å². The van der Waals surface area contributed by atoms with E-state index in [1.165, 1.54) is 31.4 Å². The van der Waals surface area contributed by atoms with Crippen LogP contribution in [0, 0.1) is 6.92 Å². The van der Waals surface area contributed by atoms with E-state index in [-0.39, 0.29) is 0 Å². The molecule has 21 heavy (non-hydrogen) atoms. The lowest BCUT2D eigenvalue weighted by atomic mass is 10.0. The number of aromatic nitrogens is 4. The van der Waals surface area contributed by atoms with Gasteiger partial charge in [0.05, 0.1) is 6.61 Å². The monoisotopic (exact) mass is 287 g/mol. The van der Waals surface area contributed by atoms with Gasteiger partial charge in [0.15, 0.2) is 5.82 Å². The van der Waals surface area contributed by atoms with Gasteiger partial charge >= 0.3 is 0 Å². The first-order valence-electron chi connectivity index (χ1n) is 7.55. The maximum absolute atomic E-state index is 5.48. The number of hydrogen-bond acceptors (Lipinski definition) is 5. The molecule has 112 valence electrons. The molecular formula is C15H21N5O. The van der Waals surface area contributed by atoms with Crippen LogP contribution in [0.3, 0.4) is 0 Å². The Labute approximate surface area is 124 Å². The minimum atomic E-state index is 0.508. The summed E-state index contributed by atoms with van der Waals surface area (Å²) in [5.74, 6) is 2.49. The maximum Gasteiger partial charge on any atom is 0.231 e. The van der Waals surface area contributed by atoms with Crippen molar-refractivity contribution in [2.45, 2.75) is 45.4 Å². The first-order valence-corrected chi connectivity index (χ1v) is 7.55. The third kappa shape index (κ3) is 3.15. The molecule has 2 heterocycles. The molecular weight excluding hydrogens is 266 g/mol. The Morgan fingerprint density at radius 3 is 2.95 bits per heavy atom. The van der Waals surface area contributed by atoms with Crippen LogP contribution in [0.25, 0.3) is 0 Å². The summed E-state index contributed by atoms with van der Waals surface area (Å²) in [6.07, 6.45) is 6.87. The molecule has 6 heteroatoms. The zero-order valence-electron chi connectivity index (χ0n) is 12.5. The van der Waals surface area contributed by atoms with E-state index < -0.39 is 0 Å². The van der Waals surface area contributed by atoms with E-state index in [2.05, 4.69) is 31.5 Å². The molecule has 2 N–H and O–H groups in total. The topological polar surface area (TPSA) is 75.7 Å². The Morgan fingerprint density at radius 1 is 1.38 bits per heavy atom. The summed E-state index contributed by atoms with van der Waals surface area (Å²) in [4.78, 5) is 8.63. The van der Waals surface area contributed by atoms with E-state index in [0.29, 0.717) is 24.4 Å². The first-order chi connectivity index (χ1) is 10.3. The smallest absolute Gasteiger partial charge is 0.231 e. The first kappa shape index (κ1) is 13.9. The number of anilines is 2. The third-order valence-electron chi connectivity index (χ3n) is 3.84. The van der Waals surface area contributed by atoms with Gasteiger partial charge in [-0.2, -0.15) is 10.1 Å². The van der Waals surface area contributed by atoms with Crippen molar-refractivity contribution in [2.75, 3.05) is 11.9 Å². The van der Waals surface area contributed by atoms with E-state index in [0.717, 1.165) is 11.4 Å². The van der Waals surface area contributed by atoms with Gasteiger partial charge in [-0.15, -0.1) is 0 Å². The maximum atomic E-state index is 5.48. The van der Waals surface area contributed by atoms with Crippen LogP contribution < -0.4 is 10.1 Å². The van der Waals surface area contributed by atoms with Gasteiger partial charge in [0, 0.05) is 29.4 Å². The Bertz CT molecular complexity index is 604. The predicted molar refractivity (Wildman–Crippen MR) is 81.0 cm³/mol. The standard InChI is InChI=1S/C15H21N5O/c1-3-21-14-10(2)9-16-15(18-14)17-13-8-12(19-20-13)11-6-4-5-7-11/h8-9,11H,3-7H2,1-2H3,(H2,16,17,18,19,20). The number of aromatic amines is 1. The molecule has 2 aromatic rings. The van der Waals surface area contributed by atoms with Crippen LogP contribution in [0.4, 0.5) is 11.8 Å². The SMILES string of the molecule is CCOc1nc(Nc2cc(C3CCCC3)[nH]n2)ncc1C. The van der Waals surface area contributed by atoms with Gasteiger partial charge in [0.1, 0.15) is 0 Å². The number of ether oxygens (including phenoxy) is 1. The lowest BCUT2D eigenvalue weighted by molar-refractivity contribution is 0.324. The number of hydrogen-bond donors (Lipinski definition) is 2. The zero-order valence-corrected chi connectivity index (χ0v) is 12.5. The predicted octanol–water partition coefficient (Wildman–Crippen LogP) is 3.31. The molecule has 1 aliphatic rings. The molecule has 0 spiro atoms. The summed E-state index contributed by atoms with van der Waals surface area (Å²) in [6, 6.07) is 2.06. The van der Waals surface area contributed by atoms with Crippen LogP contribution in [-0.2, 0) is 0 Å². The van der Waals surface area contributed by atoms with Crippen LogP contribution in [0.15, 0.2) is 12.3 Å². The average molecular weight is 287 g/mol. The van der Waals surface area contributed by atoms with Crippen LogP contribution >= 0.6 is 0 Å². The fourth-order valence-electron chi connectivity index (χ4n) is 2.73. The molecule has 2 aromatic heterocycles. The second kappa shape index (κ2) is 6.11. The molecule has 1 saturated carbocycles. The van der Waals surface area contributed by atoms with Crippen LogP contribution in [0.2, 0.25) is 0 Å². The molecule has 1 aliphatic carbocycles. The highest BCUT2D eigenvalue weighted by molar-refractivity contribution is 5.49. The normalized spacial score (nSPS) is 15.3. The molecule has 0 aromatic carbocycles. The van der Waals surface area contributed by atoms with Gasteiger partial charge in [-0.3, -0.25) is 5.10 Å². The van der Waals surface area contributed by atoms with Gasteiger partial charge in [-0.25, -0.2) is 4.98 Å². The van der Waals surface area contributed by atoms with Crippen molar-refractivity contribution in [3.05, 3.63) is 23.5 Å². The van der Waals surface area contributed by atoms with Crippen LogP contribution in [0.1, 0.15) is 49.8 Å².